The molecule has 0 fully saturated rings. The van der Waals surface area contributed by atoms with Crippen molar-refractivity contribution in [2.45, 2.75) is 0 Å². The highest BCUT2D eigenvalue weighted by atomic mass is 32.1. The third-order valence-corrected chi connectivity index (χ3v) is 10.8. The number of furan rings is 1. The molecule has 3 heteroatoms. The first-order valence-electron chi connectivity index (χ1n) is 16.6. The van der Waals surface area contributed by atoms with E-state index in [0.717, 1.165) is 39.0 Å². The van der Waals surface area contributed by atoms with Gasteiger partial charge in [0.05, 0.1) is 0 Å². The predicted molar refractivity (Wildman–Crippen MR) is 210 cm³/mol. The van der Waals surface area contributed by atoms with E-state index in [1.54, 1.807) is 0 Å². The molecule has 0 aliphatic heterocycles. The summed E-state index contributed by atoms with van der Waals surface area (Å²) in [5, 5.41) is 7.51. The maximum atomic E-state index is 6.36. The molecule has 0 bridgehead atoms. The Hall–Kier alpha value is -6.16. The van der Waals surface area contributed by atoms with E-state index in [1.807, 2.05) is 23.5 Å². The van der Waals surface area contributed by atoms with Crippen LogP contribution >= 0.6 is 11.3 Å². The zero-order valence-electron chi connectivity index (χ0n) is 26.5. The summed E-state index contributed by atoms with van der Waals surface area (Å²) in [7, 11) is 0. The van der Waals surface area contributed by atoms with Crippen LogP contribution in [0.2, 0.25) is 0 Å². The molecule has 0 aliphatic carbocycles. The van der Waals surface area contributed by atoms with Gasteiger partial charge >= 0.3 is 0 Å². The fraction of sp³-hybridized carbons (Fsp3) is 0. The molecule has 0 unspecified atom stereocenters. The quantitative estimate of drug-likeness (QED) is 0.186. The molecule has 0 radical (unpaired) electrons. The number of rotatable bonds is 5. The standard InChI is InChI=1S/C46H29NOS/c1-2-11-30(12-3-1)32-13-10-14-34(27-32)47(35-25-26-38-37-16-6-8-19-42(37)48-43(38)28-35)33-23-21-31(22-24-33)41-29-45-46(39-17-5-4-15-36(39)41)40-18-7-9-20-44(40)49-45/h1-29H. The van der Waals surface area contributed by atoms with Gasteiger partial charge in [0.25, 0.3) is 0 Å². The van der Waals surface area contributed by atoms with Gasteiger partial charge in [-0.1, -0.05) is 115 Å². The van der Waals surface area contributed by atoms with Gasteiger partial charge in [0, 0.05) is 54.1 Å². The van der Waals surface area contributed by atoms with Gasteiger partial charge in [-0.3, -0.25) is 0 Å². The van der Waals surface area contributed by atoms with Crippen molar-refractivity contribution in [3.8, 4) is 22.3 Å². The first-order valence-corrected chi connectivity index (χ1v) is 17.4. The number of nitrogens with zero attached hydrogens (tertiary/aromatic N) is 1. The average molecular weight is 644 g/mol. The van der Waals surface area contributed by atoms with Gasteiger partial charge in [-0.15, -0.1) is 11.3 Å². The molecule has 49 heavy (non-hydrogen) atoms. The molecule has 2 nitrogen and oxygen atoms in total. The van der Waals surface area contributed by atoms with Crippen molar-refractivity contribution in [3.63, 3.8) is 0 Å². The summed E-state index contributed by atoms with van der Waals surface area (Å²) in [5.41, 5.74) is 9.80. The minimum absolute atomic E-state index is 0.877. The van der Waals surface area contributed by atoms with E-state index in [0.29, 0.717) is 0 Å². The third kappa shape index (κ3) is 4.62. The van der Waals surface area contributed by atoms with Crippen LogP contribution in [0.3, 0.4) is 0 Å². The fourth-order valence-electron chi connectivity index (χ4n) is 7.37. The minimum Gasteiger partial charge on any atom is -0.456 e. The third-order valence-electron chi connectivity index (χ3n) is 9.65. The van der Waals surface area contributed by atoms with Gasteiger partial charge in [0.2, 0.25) is 0 Å². The Labute approximate surface area is 287 Å². The second kappa shape index (κ2) is 11.2. The Morgan fingerprint density at radius 3 is 1.88 bits per heavy atom. The van der Waals surface area contributed by atoms with E-state index in [2.05, 4.69) is 169 Å². The zero-order valence-corrected chi connectivity index (χ0v) is 27.3. The van der Waals surface area contributed by atoms with E-state index in [9.17, 15) is 0 Å². The summed E-state index contributed by atoms with van der Waals surface area (Å²) >= 11 is 1.87. The van der Waals surface area contributed by atoms with Crippen LogP contribution in [0.1, 0.15) is 0 Å². The van der Waals surface area contributed by atoms with Gasteiger partial charge in [0.1, 0.15) is 11.2 Å². The highest BCUT2D eigenvalue weighted by molar-refractivity contribution is 7.26. The van der Waals surface area contributed by atoms with Crippen molar-refractivity contribution in [2.24, 2.45) is 0 Å². The smallest absolute Gasteiger partial charge is 0.137 e. The average Bonchev–Trinajstić information content (AvgIpc) is 3.73. The van der Waals surface area contributed by atoms with E-state index in [1.165, 1.54) is 53.2 Å². The van der Waals surface area contributed by atoms with Crippen molar-refractivity contribution in [1.29, 1.82) is 0 Å². The molecule has 2 aromatic heterocycles. The number of hydrogen-bond acceptors (Lipinski definition) is 3. The molecule has 0 amide bonds. The van der Waals surface area contributed by atoms with E-state index >= 15 is 0 Å². The number of benzene rings is 8. The molecule has 0 aliphatic rings. The summed E-state index contributed by atoms with van der Waals surface area (Å²) < 4.78 is 9.00. The topological polar surface area (TPSA) is 16.4 Å². The number of anilines is 3. The molecule has 0 saturated heterocycles. The fourth-order valence-corrected chi connectivity index (χ4v) is 8.54. The molecule has 230 valence electrons. The molecular weight excluding hydrogens is 615 g/mol. The van der Waals surface area contributed by atoms with Crippen LogP contribution in [0.4, 0.5) is 17.1 Å². The number of para-hydroxylation sites is 1. The number of hydrogen-bond donors (Lipinski definition) is 0. The SMILES string of the molecule is c1ccc(-c2cccc(N(c3ccc(-c4cc5sc6ccccc6c5c5ccccc45)cc3)c3ccc4c(c3)oc3ccccc34)c2)cc1. The Morgan fingerprint density at radius 2 is 1.02 bits per heavy atom. The molecule has 2 heterocycles. The summed E-state index contributed by atoms with van der Waals surface area (Å²) in [4.78, 5) is 2.33. The molecule has 10 aromatic rings. The van der Waals surface area contributed by atoms with Gasteiger partial charge in [0.15, 0.2) is 0 Å². The lowest BCUT2D eigenvalue weighted by molar-refractivity contribution is 0.669. The summed E-state index contributed by atoms with van der Waals surface area (Å²) in [6, 6.07) is 63.2. The Bertz CT molecular complexity index is 2830. The second-order valence-electron chi connectivity index (χ2n) is 12.5. The lowest BCUT2D eigenvalue weighted by atomic mass is 9.95. The maximum absolute atomic E-state index is 6.36. The predicted octanol–water partition coefficient (Wildman–Crippen LogP) is 13.9. The first kappa shape index (κ1) is 27.9. The molecular formula is C46H29NOS. The van der Waals surface area contributed by atoms with Crippen LogP contribution in [0.15, 0.2) is 180 Å². The van der Waals surface area contributed by atoms with Gasteiger partial charge in [-0.05, 0) is 87.6 Å². The number of thiophene rings is 1. The van der Waals surface area contributed by atoms with E-state index < -0.39 is 0 Å². The van der Waals surface area contributed by atoms with Crippen LogP contribution < -0.4 is 4.90 Å². The van der Waals surface area contributed by atoms with E-state index in [-0.39, 0.29) is 0 Å². The van der Waals surface area contributed by atoms with Crippen LogP contribution in [-0.4, -0.2) is 0 Å². The van der Waals surface area contributed by atoms with Crippen molar-refractivity contribution >= 4 is 81.3 Å². The molecule has 10 rings (SSSR count). The molecule has 0 spiro atoms. The lowest BCUT2D eigenvalue weighted by Crippen LogP contribution is -2.10. The minimum atomic E-state index is 0.877. The Morgan fingerprint density at radius 1 is 0.367 bits per heavy atom. The van der Waals surface area contributed by atoms with Gasteiger partial charge in [-0.2, -0.15) is 0 Å². The molecule has 8 aromatic carbocycles. The van der Waals surface area contributed by atoms with Crippen molar-refractivity contribution in [3.05, 3.63) is 176 Å². The van der Waals surface area contributed by atoms with Crippen LogP contribution in [0, 0.1) is 0 Å². The van der Waals surface area contributed by atoms with Crippen molar-refractivity contribution < 1.29 is 4.42 Å². The van der Waals surface area contributed by atoms with Gasteiger partial charge < -0.3 is 9.32 Å². The monoisotopic (exact) mass is 643 g/mol. The molecule has 0 saturated carbocycles. The Balaban J connectivity index is 1.13. The summed E-state index contributed by atoms with van der Waals surface area (Å²) in [6.45, 7) is 0. The summed E-state index contributed by atoms with van der Waals surface area (Å²) in [5.74, 6) is 0. The second-order valence-corrected chi connectivity index (χ2v) is 13.6. The summed E-state index contributed by atoms with van der Waals surface area (Å²) in [6.07, 6.45) is 0. The highest BCUT2D eigenvalue weighted by Gasteiger charge is 2.18. The first-order chi connectivity index (χ1) is 24.3. The van der Waals surface area contributed by atoms with E-state index in [4.69, 9.17) is 4.42 Å². The van der Waals surface area contributed by atoms with Gasteiger partial charge in [-0.25, -0.2) is 0 Å². The largest absolute Gasteiger partial charge is 0.456 e. The van der Waals surface area contributed by atoms with Crippen molar-refractivity contribution in [2.75, 3.05) is 4.90 Å². The Kier molecular flexibility index (Phi) is 6.39. The van der Waals surface area contributed by atoms with Crippen LogP contribution in [0.25, 0.3) is 75.1 Å². The molecule has 0 atom stereocenters. The van der Waals surface area contributed by atoms with Crippen molar-refractivity contribution in [1.82, 2.24) is 0 Å². The normalized spacial score (nSPS) is 11.7. The zero-order chi connectivity index (χ0) is 32.3. The molecule has 0 N–H and O–H groups in total. The lowest BCUT2D eigenvalue weighted by Gasteiger charge is -2.26. The highest BCUT2D eigenvalue weighted by Crippen LogP contribution is 2.44. The number of fused-ring (bicyclic) bond motifs is 8. The maximum Gasteiger partial charge on any atom is 0.137 e. The van der Waals surface area contributed by atoms with Crippen LogP contribution in [-0.2, 0) is 0 Å². The van der Waals surface area contributed by atoms with Crippen LogP contribution in [0.5, 0.6) is 0 Å².